The number of nitrogens with zero attached hydrogens (tertiary/aromatic N) is 10. The van der Waals surface area contributed by atoms with Crippen molar-refractivity contribution in [3.8, 4) is 114 Å². The van der Waals surface area contributed by atoms with Crippen LogP contribution in [-0.4, -0.2) is 39.0 Å². The average Bonchev–Trinajstić information content (AvgIpc) is 1.58. The number of aromatic nitrogens is 8. The molecule has 0 saturated carbocycles. The molecule has 15 aromatic rings. The van der Waals surface area contributed by atoms with Crippen molar-refractivity contribution in [1.82, 2.24) is 39.0 Å². The maximum Gasteiger partial charge on any atom is 0.416 e. The maximum absolute atomic E-state index is 14.4. The van der Waals surface area contributed by atoms with E-state index in [9.17, 15) is 23.7 Å². The summed E-state index contributed by atoms with van der Waals surface area (Å²) in [5, 5.41) is 25.1. The molecule has 0 aliphatic rings. The van der Waals surface area contributed by atoms with Crippen LogP contribution in [0.5, 0.6) is 0 Å². The number of rotatable bonds is 10. The summed E-state index contributed by atoms with van der Waals surface area (Å²) in [4.78, 5) is 30.1. The van der Waals surface area contributed by atoms with Crippen molar-refractivity contribution in [2.45, 2.75) is 6.18 Å². The van der Waals surface area contributed by atoms with Crippen LogP contribution in [0, 0.1) is 22.7 Å². The summed E-state index contributed by atoms with van der Waals surface area (Å²) in [7, 11) is 0. The van der Waals surface area contributed by atoms with Crippen LogP contribution in [0.3, 0.4) is 0 Å². The second-order valence-electron chi connectivity index (χ2n) is 21.2. The number of nitriles is 2. The van der Waals surface area contributed by atoms with Crippen LogP contribution in [0.2, 0.25) is 0 Å². The summed E-state index contributed by atoms with van der Waals surface area (Å²) in [5.74, 6) is 3.10. The van der Waals surface area contributed by atoms with E-state index in [4.69, 9.17) is 29.9 Å². The maximum atomic E-state index is 14.4. The van der Waals surface area contributed by atoms with Gasteiger partial charge in [0.2, 0.25) is 0 Å². The minimum absolute atomic E-state index is 0.163. The van der Waals surface area contributed by atoms with Gasteiger partial charge in [-0.2, -0.15) is 23.7 Å². The molecule has 0 atom stereocenters. The van der Waals surface area contributed by atoms with Crippen molar-refractivity contribution in [2.24, 2.45) is 0 Å². The Morgan fingerprint density at radius 2 is 0.727 bits per heavy atom. The van der Waals surface area contributed by atoms with E-state index >= 15 is 0 Å². The third-order valence-corrected chi connectivity index (χ3v) is 15.9. The van der Waals surface area contributed by atoms with E-state index in [1.165, 1.54) is 6.07 Å². The van der Waals surface area contributed by atoms with Crippen molar-refractivity contribution in [1.29, 1.82) is 10.5 Å². The first-order valence-corrected chi connectivity index (χ1v) is 28.3. The van der Waals surface area contributed by atoms with Crippen LogP contribution in [-0.2, 0) is 6.18 Å². The van der Waals surface area contributed by atoms with E-state index in [0.29, 0.717) is 68.6 Å². The highest BCUT2D eigenvalue weighted by atomic mass is 19.4. The molecule has 15 rings (SSSR count). The lowest BCUT2D eigenvalue weighted by molar-refractivity contribution is -0.137. The number of fused-ring (bicyclic) bond motifs is 6. The standard InChI is InChI=1S/C75H43F3N10/c76-75(77,78)54-32-34-56(53(40-54)45-80)57-35-33-55(87-64-27-15-13-25-58(64)62-41-51(30-37-66(62)87)73-83-69(47-17-5-1-6-18-47)81-70(84-73)48-19-7-2-8-20-48)43-60(57)61-39-46(44-79)29-36-67(61)88-65-28-16-14-26-59(65)63-42-52(31-38-68(63)88)74-85-71(49-21-9-3-10-22-49)82-72(86-74)50-23-11-4-12-24-50/h1-43H. The van der Waals surface area contributed by atoms with Crippen molar-refractivity contribution in [3.63, 3.8) is 0 Å². The molecule has 88 heavy (non-hydrogen) atoms. The average molecular weight is 1140 g/mol. The Morgan fingerprint density at radius 1 is 0.307 bits per heavy atom. The smallest absolute Gasteiger partial charge is 0.309 e. The van der Waals surface area contributed by atoms with E-state index in [1.807, 2.05) is 212 Å². The van der Waals surface area contributed by atoms with Crippen molar-refractivity contribution < 1.29 is 13.2 Å². The highest BCUT2D eigenvalue weighted by Crippen LogP contribution is 2.45. The van der Waals surface area contributed by atoms with Crippen LogP contribution in [0.4, 0.5) is 13.2 Å². The molecule has 0 amide bonds. The first-order chi connectivity index (χ1) is 43.1. The summed E-state index contributed by atoms with van der Waals surface area (Å²) in [6.07, 6.45) is -4.70. The van der Waals surface area contributed by atoms with E-state index in [1.54, 1.807) is 6.07 Å². The van der Waals surface area contributed by atoms with Gasteiger partial charge in [0.05, 0.1) is 56.6 Å². The molecule has 0 N–H and O–H groups in total. The van der Waals surface area contributed by atoms with Crippen molar-refractivity contribution in [3.05, 3.63) is 278 Å². The Kier molecular flexibility index (Phi) is 12.8. The van der Waals surface area contributed by atoms with Crippen LogP contribution in [0.15, 0.2) is 261 Å². The highest BCUT2D eigenvalue weighted by Gasteiger charge is 2.32. The molecule has 0 radical (unpaired) electrons. The summed E-state index contributed by atoms with van der Waals surface area (Å²) in [5.41, 5.74) is 10.8. The first-order valence-electron chi connectivity index (χ1n) is 28.3. The van der Waals surface area contributed by atoms with Gasteiger partial charge >= 0.3 is 6.18 Å². The quantitative estimate of drug-likeness (QED) is 0.132. The molecule has 0 aliphatic heterocycles. The van der Waals surface area contributed by atoms with Crippen LogP contribution in [0.25, 0.3) is 146 Å². The van der Waals surface area contributed by atoms with Gasteiger partial charge in [-0.15, -0.1) is 0 Å². The normalized spacial score (nSPS) is 11.6. The zero-order valence-corrected chi connectivity index (χ0v) is 46.4. The Hall–Kier alpha value is -12.2. The zero-order chi connectivity index (χ0) is 59.5. The highest BCUT2D eigenvalue weighted by molar-refractivity contribution is 6.12. The number of alkyl halides is 3. The molecule has 414 valence electrons. The number of para-hydroxylation sites is 2. The SMILES string of the molecule is N#Cc1ccc(-n2c3ccccc3c3cc(-c4nc(-c5ccccc5)nc(-c5ccccc5)n4)ccc32)c(-c2cc(-n3c4ccccc4c4cc(-c5nc(-c6ccccc6)nc(-c6ccccc6)n5)ccc43)ccc2-c2ccc(C(F)(F)F)cc2C#N)c1. The molecule has 11 aromatic carbocycles. The second kappa shape index (κ2) is 21.5. The molecule has 0 spiro atoms. The van der Waals surface area contributed by atoms with Gasteiger partial charge in [-0.3, -0.25) is 0 Å². The molecule has 13 heteroatoms. The fourth-order valence-electron chi connectivity index (χ4n) is 11.8. The number of benzene rings is 11. The van der Waals surface area contributed by atoms with Gasteiger partial charge in [0.15, 0.2) is 34.9 Å². The fourth-order valence-corrected chi connectivity index (χ4v) is 11.8. The summed E-state index contributed by atoms with van der Waals surface area (Å²) in [6, 6.07) is 86.6. The molecule has 0 aliphatic carbocycles. The Bertz CT molecular complexity index is 5220. The Morgan fingerprint density at radius 3 is 1.19 bits per heavy atom. The van der Waals surface area contributed by atoms with Crippen molar-refractivity contribution in [2.75, 3.05) is 0 Å². The lowest BCUT2D eigenvalue weighted by Crippen LogP contribution is -2.06. The van der Waals surface area contributed by atoms with Crippen LogP contribution in [0.1, 0.15) is 16.7 Å². The van der Waals surface area contributed by atoms with Gasteiger partial charge in [-0.1, -0.05) is 170 Å². The monoisotopic (exact) mass is 1140 g/mol. The fraction of sp³-hybridized carbons (Fsp3) is 0.0133. The molecule has 0 unspecified atom stereocenters. The molecule has 0 fully saturated rings. The Balaban J connectivity index is 0.941. The molecule has 4 aromatic heterocycles. The summed E-state index contributed by atoms with van der Waals surface area (Å²) < 4.78 is 47.6. The number of halogens is 3. The van der Waals surface area contributed by atoms with Gasteiger partial charge in [0.1, 0.15) is 0 Å². The topological polar surface area (TPSA) is 135 Å². The molecule has 4 heterocycles. The predicted molar refractivity (Wildman–Crippen MR) is 340 cm³/mol. The van der Waals surface area contributed by atoms with E-state index < -0.39 is 11.7 Å². The molecule has 10 nitrogen and oxygen atoms in total. The van der Waals surface area contributed by atoms with Crippen molar-refractivity contribution >= 4 is 43.6 Å². The van der Waals surface area contributed by atoms with Gasteiger partial charge in [0.25, 0.3) is 0 Å². The Labute approximate surface area is 501 Å². The third kappa shape index (κ3) is 9.33. The van der Waals surface area contributed by atoms with Crippen LogP contribution >= 0.6 is 0 Å². The zero-order valence-electron chi connectivity index (χ0n) is 46.4. The minimum Gasteiger partial charge on any atom is -0.309 e. The summed E-state index contributed by atoms with van der Waals surface area (Å²) >= 11 is 0. The van der Waals surface area contributed by atoms with Gasteiger partial charge < -0.3 is 9.13 Å². The number of hydrogen-bond acceptors (Lipinski definition) is 8. The van der Waals surface area contributed by atoms with Gasteiger partial charge in [0, 0.05) is 71.7 Å². The minimum atomic E-state index is -4.70. The molecule has 0 saturated heterocycles. The second-order valence-corrected chi connectivity index (χ2v) is 21.2. The van der Waals surface area contributed by atoms with E-state index in [0.717, 1.165) is 89.1 Å². The van der Waals surface area contributed by atoms with Gasteiger partial charge in [-0.25, -0.2) is 29.9 Å². The van der Waals surface area contributed by atoms with Crippen LogP contribution < -0.4 is 0 Å². The van der Waals surface area contributed by atoms with E-state index in [2.05, 4.69) is 45.5 Å². The lowest BCUT2D eigenvalue weighted by atomic mass is 9.89. The molecular weight excluding hydrogens is 1100 g/mol. The predicted octanol–water partition coefficient (Wildman–Crippen LogP) is 18.3. The first kappa shape index (κ1) is 52.6. The molecule has 0 bridgehead atoms. The molecular formula is C75H43F3N10. The third-order valence-electron chi connectivity index (χ3n) is 15.9. The number of hydrogen-bond donors (Lipinski definition) is 0. The van der Waals surface area contributed by atoms with E-state index in [-0.39, 0.29) is 11.1 Å². The summed E-state index contributed by atoms with van der Waals surface area (Å²) in [6.45, 7) is 0. The van der Waals surface area contributed by atoms with Gasteiger partial charge in [-0.05, 0) is 102 Å². The largest absolute Gasteiger partial charge is 0.416 e. The lowest BCUT2D eigenvalue weighted by Gasteiger charge is -2.20.